The van der Waals surface area contributed by atoms with Crippen LogP contribution in [0.1, 0.15) is 44.7 Å². The summed E-state index contributed by atoms with van der Waals surface area (Å²) in [7, 11) is 0. The second-order valence-corrected chi connectivity index (χ2v) is 5.53. The molecule has 1 aromatic carbocycles. The molecule has 0 aliphatic carbocycles. The van der Waals surface area contributed by atoms with Gasteiger partial charge in [0.25, 0.3) is 12.1 Å². The Balaban J connectivity index is 3.01. The molecule has 4 nitrogen and oxygen atoms in total. The number of alkyl halides is 2. The van der Waals surface area contributed by atoms with Crippen LogP contribution in [0.3, 0.4) is 0 Å². The van der Waals surface area contributed by atoms with Crippen LogP contribution in [-0.4, -0.2) is 17.5 Å². The van der Waals surface area contributed by atoms with Crippen molar-refractivity contribution >= 4 is 5.69 Å². The molecule has 0 aliphatic rings. The van der Waals surface area contributed by atoms with Crippen molar-refractivity contribution in [3.63, 3.8) is 0 Å². The summed E-state index contributed by atoms with van der Waals surface area (Å²) in [5.74, 6) is 0.446. The van der Waals surface area contributed by atoms with Gasteiger partial charge in [0, 0.05) is 23.7 Å². The molecule has 1 N–H and O–H groups in total. The number of nitrogens with zero attached hydrogens (tertiary/aromatic N) is 1. The summed E-state index contributed by atoms with van der Waals surface area (Å²) < 4.78 is 26.3. The smallest absolute Gasteiger partial charge is 0.269 e. The van der Waals surface area contributed by atoms with Crippen molar-refractivity contribution in [2.75, 3.05) is 6.54 Å². The average molecular weight is 300 g/mol. The van der Waals surface area contributed by atoms with E-state index in [4.69, 9.17) is 0 Å². The summed E-state index contributed by atoms with van der Waals surface area (Å²) >= 11 is 0. The first kappa shape index (κ1) is 17.5. The van der Waals surface area contributed by atoms with Gasteiger partial charge in [-0.05, 0) is 30.9 Å². The molecule has 0 radical (unpaired) electrons. The lowest BCUT2D eigenvalue weighted by Gasteiger charge is -2.21. The van der Waals surface area contributed by atoms with Crippen molar-refractivity contribution in [1.82, 2.24) is 5.32 Å². The molecule has 0 saturated carbocycles. The van der Waals surface area contributed by atoms with Gasteiger partial charge in [0.15, 0.2) is 0 Å². The number of benzene rings is 1. The van der Waals surface area contributed by atoms with Gasteiger partial charge in [-0.15, -0.1) is 0 Å². The van der Waals surface area contributed by atoms with E-state index in [2.05, 4.69) is 19.2 Å². The number of hydrogen-bond donors (Lipinski definition) is 1. The summed E-state index contributed by atoms with van der Waals surface area (Å²) in [5.41, 5.74) is -0.0593. The van der Waals surface area contributed by atoms with Crippen molar-refractivity contribution in [3.05, 3.63) is 39.4 Å². The maximum atomic E-state index is 13.1. The van der Waals surface area contributed by atoms with Gasteiger partial charge in [-0.2, -0.15) is 0 Å². The van der Waals surface area contributed by atoms with Crippen LogP contribution in [0.15, 0.2) is 18.2 Å². The summed E-state index contributed by atoms with van der Waals surface area (Å²) in [5, 5.41) is 14.0. The van der Waals surface area contributed by atoms with Crippen LogP contribution >= 0.6 is 0 Å². The molecule has 0 amide bonds. The molecule has 0 bridgehead atoms. The van der Waals surface area contributed by atoms with Crippen molar-refractivity contribution in [3.8, 4) is 0 Å². The maximum Gasteiger partial charge on any atom is 0.269 e. The third-order valence-corrected chi connectivity index (χ3v) is 3.29. The number of nitro benzene ring substituents is 1. The van der Waals surface area contributed by atoms with E-state index in [1.165, 1.54) is 12.1 Å². The number of halogens is 2. The van der Waals surface area contributed by atoms with Gasteiger partial charge in [-0.3, -0.25) is 10.1 Å². The monoisotopic (exact) mass is 300 g/mol. The fraction of sp³-hybridized carbons (Fsp3) is 0.600. The van der Waals surface area contributed by atoms with Gasteiger partial charge in [0.2, 0.25) is 0 Å². The van der Waals surface area contributed by atoms with Gasteiger partial charge in [-0.1, -0.05) is 26.8 Å². The normalized spacial score (nSPS) is 12.9. The quantitative estimate of drug-likeness (QED) is 0.581. The summed E-state index contributed by atoms with van der Waals surface area (Å²) in [6.07, 6.45) is -1.39. The zero-order valence-electron chi connectivity index (χ0n) is 12.6. The zero-order valence-corrected chi connectivity index (χ0v) is 12.6. The van der Waals surface area contributed by atoms with E-state index in [-0.39, 0.29) is 17.3 Å². The molecule has 118 valence electrons. The van der Waals surface area contributed by atoms with E-state index in [0.29, 0.717) is 17.9 Å². The Morgan fingerprint density at radius 2 is 2.00 bits per heavy atom. The summed E-state index contributed by atoms with van der Waals surface area (Å²) in [6, 6.07) is 3.82. The molecule has 0 aliphatic heterocycles. The van der Waals surface area contributed by atoms with Gasteiger partial charge in [0.05, 0.1) is 4.92 Å². The molecule has 0 aromatic heterocycles. The standard InChI is InChI=1S/C15H22F2N2O2/c1-4-18-12(7-10(2)3)8-11-5-6-13(19(20)21)9-14(11)15(16)17/h5-6,9-10,12,15,18H,4,7-8H2,1-3H3. The molecular weight excluding hydrogens is 278 g/mol. The first-order valence-electron chi connectivity index (χ1n) is 7.13. The first-order chi connectivity index (χ1) is 9.85. The topological polar surface area (TPSA) is 55.2 Å². The molecule has 6 heteroatoms. The van der Waals surface area contributed by atoms with Crippen LogP contribution in [0, 0.1) is 16.0 Å². The number of hydrogen-bond acceptors (Lipinski definition) is 3. The van der Waals surface area contributed by atoms with E-state index < -0.39 is 11.3 Å². The third kappa shape index (κ3) is 5.38. The van der Waals surface area contributed by atoms with Crippen LogP contribution in [0.25, 0.3) is 0 Å². The zero-order chi connectivity index (χ0) is 16.0. The van der Waals surface area contributed by atoms with Gasteiger partial charge in [0.1, 0.15) is 0 Å². The lowest BCUT2D eigenvalue weighted by atomic mass is 9.94. The molecular formula is C15H22F2N2O2. The lowest BCUT2D eigenvalue weighted by molar-refractivity contribution is -0.385. The minimum Gasteiger partial charge on any atom is -0.314 e. The van der Waals surface area contributed by atoms with Gasteiger partial charge >= 0.3 is 0 Å². The minimum atomic E-state index is -2.71. The highest BCUT2D eigenvalue weighted by atomic mass is 19.3. The van der Waals surface area contributed by atoms with Crippen LogP contribution < -0.4 is 5.32 Å². The highest BCUT2D eigenvalue weighted by Gasteiger charge is 2.20. The fourth-order valence-corrected chi connectivity index (χ4v) is 2.45. The molecule has 1 rings (SSSR count). The van der Waals surface area contributed by atoms with Crippen LogP contribution in [0.2, 0.25) is 0 Å². The Bertz CT molecular complexity index is 479. The van der Waals surface area contributed by atoms with E-state index >= 15 is 0 Å². The van der Waals surface area contributed by atoms with Crippen LogP contribution in [0.4, 0.5) is 14.5 Å². The lowest BCUT2D eigenvalue weighted by Crippen LogP contribution is -2.32. The van der Waals surface area contributed by atoms with E-state index in [9.17, 15) is 18.9 Å². The Morgan fingerprint density at radius 1 is 1.33 bits per heavy atom. The number of non-ortho nitro benzene ring substituents is 1. The number of nitrogens with one attached hydrogen (secondary N) is 1. The highest BCUT2D eigenvalue weighted by Crippen LogP contribution is 2.28. The molecule has 1 aromatic rings. The molecule has 1 atom stereocenters. The van der Waals surface area contributed by atoms with Gasteiger partial charge < -0.3 is 5.32 Å². The highest BCUT2D eigenvalue weighted by molar-refractivity contribution is 5.41. The number of nitro groups is 1. The van der Waals surface area contributed by atoms with Crippen LogP contribution in [-0.2, 0) is 6.42 Å². The van der Waals surface area contributed by atoms with Crippen molar-refractivity contribution < 1.29 is 13.7 Å². The second-order valence-electron chi connectivity index (χ2n) is 5.53. The molecule has 0 spiro atoms. The van der Waals surface area contributed by atoms with Crippen molar-refractivity contribution in [1.29, 1.82) is 0 Å². The van der Waals surface area contributed by atoms with E-state index in [0.717, 1.165) is 19.0 Å². The molecule has 0 fully saturated rings. The van der Waals surface area contributed by atoms with Crippen LogP contribution in [0.5, 0.6) is 0 Å². The third-order valence-electron chi connectivity index (χ3n) is 3.29. The molecule has 1 unspecified atom stereocenters. The Hall–Kier alpha value is -1.56. The average Bonchev–Trinajstić information content (AvgIpc) is 2.38. The van der Waals surface area contributed by atoms with Crippen molar-refractivity contribution in [2.45, 2.75) is 46.1 Å². The number of rotatable bonds is 8. The maximum absolute atomic E-state index is 13.1. The Morgan fingerprint density at radius 3 is 2.48 bits per heavy atom. The Labute approximate surface area is 123 Å². The molecule has 0 saturated heterocycles. The minimum absolute atomic E-state index is 0.0916. The van der Waals surface area contributed by atoms with Crippen molar-refractivity contribution in [2.24, 2.45) is 5.92 Å². The van der Waals surface area contributed by atoms with E-state index in [1.54, 1.807) is 0 Å². The predicted octanol–water partition coefficient (Wildman–Crippen LogP) is 4.10. The Kier molecular flexibility index (Phi) is 6.68. The predicted molar refractivity (Wildman–Crippen MR) is 78.7 cm³/mol. The summed E-state index contributed by atoms with van der Waals surface area (Å²) in [4.78, 5) is 10.1. The SMILES string of the molecule is CCNC(Cc1ccc([N+](=O)[O-])cc1C(F)F)CC(C)C. The molecule has 0 heterocycles. The number of likely N-dealkylation sites (N-methyl/N-ethyl adjacent to an activating group) is 1. The second kappa shape index (κ2) is 8.02. The summed E-state index contributed by atoms with van der Waals surface area (Å²) in [6.45, 7) is 6.88. The fourth-order valence-electron chi connectivity index (χ4n) is 2.45. The first-order valence-corrected chi connectivity index (χ1v) is 7.13. The van der Waals surface area contributed by atoms with E-state index in [1.807, 2.05) is 6.92 Å². The van der Waals surface area contributed by atoms with Gasteiger partial charge in [-0.25, -0.2) is 8.78 Å². The largest absolute Gasteiger partial charge is 0.314 e. The molecule has 21 heavy (non-hydrogen) atoms.